The van der Waals surface area contributed by atoms with E-state index >= 15 is 0 Å². The average molecular weight is 267 g/mol. The molecule has 0 saturated carbocycles. The predicted octanol–water partition coefficient (Wildman–Crippen LogP) is 2.31. The Morgan fingerprint density at radius 3 is 2.91 bits per heavy atom. The molecule has 0 N–H and O–H groups in total. The summed E-state index contributed by atoms with van der Waals surface area (Å²) in [5.41, 5.74) is 0. The molecule has 11 heavy (non-hydrogen) atoms. The van der Waals surface area contributed by atoms with Gasteiger partial charge in [-0.1, -0.05) is 13.8 Å². The van der Waals surface area contributed by atoms with Crippen molar-refractivity contribution in [3.8, 4) is 5.88 Å². The Bertz CT molecular complexity index is 222. The zero-order valence-corrected chi connectivity index (χ0v) is 8.66. The lowest BCUT2D eigenvalue weighted by atomic mass is 10.2. The van der Waals surface area contributed by atoms with Crippen LogP contribution in [0.5, 0.6) is 5.88 Å². The van der Waals surface area contributed by atoms with E-state index in [-0.39, 0.29) is 0 Å². The number of oxazole rings is 1. The van der Waals surface area contributed by atoms with Crippen molar-refractivity contribution in [2.45, 2.75) is 13.8 Å². The molecular formula is C7H10INO2. The highest BCUT2D eigenvalue weighted by molar-refractivity contribution is 14.1. The highest BCUT2D eigenvalue weighted by Gasteiger charge is 2.01. The first kappa shape index (κ1) is 8.83. The number of ether oxygens (including phenoxy) is 1. The van der Waals surface area contributed by atoms with Crippen LogP contribution in [0.2, 0.25) is 0 Å². The van der Waals surface area contributed by atoms with Gasteiger partial charge in [0.05, 0.1) is 6.61 Å². The van der Waals surface area contributed by atoms with Crippen molar-refractivity contribution in [3.63, 3.8) is 0 Å². The van der Waals surface area contributed by atoms with Gasteiger partial charge in [0.25, 0.3) is 9.78 Å². The van der Waals surface area contributed by atoms with Gasteiger partial charge >= 0.3 is 0 Å². The molecule has 1 aromatic rings. The molecule has 1 heterocycles. The van der Waals surface area contributed by atoms with Crippen LogP contribution >= 0.6 is 22.6 Å². The minimum Gasteiger partial charge on any atom is -0.475 e. The highest BCUT2D eigenvalue weighted by atomic mass is 127. The van der Waals surface area contributed by atoms with Gasteiger partial charge in [-0.25, -0.2) is 0 Å². The van der Waals surface area contributed by atoms with Crippen molar-refractivity contribution >= 4 is 22.6 Å². The van der Waals surface area contributed by atoms with Crippen LogP contribution in [0.25, 0.3) is 0 Å². The second-order valence-electron chi connectivity index (χ2n) is 2.64. The minimum absolute atomic E-state index is 0.518. The summed E-state index contributed by atoms with van der Waals surface area (Å²) in [7, 11) is 0. The smallest absolute Gasteiger partial charge is 0.260 e. The summed E-state index contributed by atoms with van der Waals surface area (Å²) in [6, 6.07) is 0. The third-order valence-electron chi connectivity index (χ3n) is 1.02. The second-order valence-corrected chi connectivity index (χ2v) is 3.57. The third-order valence-corrected chi connectivity index (χ3v) is 1.52. The average Bonchev–Trinajstić information content (AvgIpc) is 2.31. The van der Waals surface area contributed by atoms with Crippen molar-refractivity contribution in [2.75, 3.05) is 6.61 Å². The van der Waals surface area contributed by atoms with Gasteiger partial charge in [-0.3, -0.25) is 0 Å². The summed E-state index contributed by atoms with van der Waals surface area (Å²) >= 11 is 2.00. The van der Waals surface area contributed by atoms with E-state index in [0.29, 0.717) is 22.3 Å². The second kappa shape index (κ2) is 3.94. The van der Waals surface area contributed by atoms with E-state index < -0.39 is 0 Å². The Morgan fingerprint density at radius 1 is 1.73 bits per heavy atom. The summed E-state index contributed by atoms with van der Waals surface area (Å²) in [4.78, 5) is 3.98. The van der Waals surface area contributed by atoms with Crippen molar-refractivity contribution in [3.05, 3.63) is 10.2 Å². The fraction of sp³-hybridized carbons (Fsp3) is 0.571. The largest absolute Gasteiger partial charge is 0.475 e. The summed E-state index contributed by atoms with van der Waals surface area (Å²) in [5, 5.41) is 0. The van der Waals surface area contributed by atoms with E-state index in [4.69, 9.17) is 9.15 Å². The van der Waals surface area contributed by atoms with Gasteiger partial charge in [-0.05, 0) is 5.92 Å². The molecule has 0 fully saturated rings. The lowest BCUT2D eigenvalue weighted by molar-refractivity contribution is 0.260. The third kappa shape index (κ3) is 3.09. The standard InChI is InChI=1S/C7H10INO2/c1-5(2)3-10-6-4-11-7(8)9-6/h4-5H,3H2,1-2H3. The monoisotopic (exact) mass is 267 g/mol. The number of hydrogen-bond donors (Lipinski definition) is 0. The predicted molar refractivity (Wildman–Crippen MR) is 49.6 cm³/mol. The molecule has 0 aromatic carbocycles. The molecular weight excluding hydrogens is 257 g/mol. The van der Waals surface area contributed by atoms with Crippen molar-refractivity contribution in [1.82, 2.24) is 4.98 Å². The zero-order valence-electron chi connectivity index (χ0n) is 6.50. The maximum Gasteiger partial charge on any atom is 0.260 e. The number of nitrogens with zero attached hydrogens (tertiary/aromatic N) is 1. The van der Waals surface area contributed by atoms with Gasteiger partial charge in [0.15, 0.2) is 6.26 Å². The number of hydrogen-bond acceptors (Lipinski definition) is 3. The van der Waals surface area contributed by atoms with Crippen LogP contribution in [0.4, 0.5) is 0 Å². The lowest BCUT2D eigenvalue weighted by Gasteiger charge is -2.03. The molecule has 3 nitrogen and oxygen atoms in total. The molecule has 0 saturated heterocycles. The Labute approximate surface area is 79.3 Å². The van der Waals surface area contributed by atoms with Crippen molar-refractivity contribution in [2.24, 2.45) is 5.92 Å². The van der Waals surface area contributed by atoms with Crippen LogP contribution in [0.1, 0.15) is 13.8 Å². The zero-order chi connectivity index (χ0) is 8.27. The summed E-state index contributed by atoms with van der Waals surface area (Å²) in [6.45, 7) is 4.86. The van der Waals surface area contributed by atoms with E-state index in [1.807, 2.05) is 22.6 Å². The van der Waals surface area contributed by atoms with Crippen molar-refractivity contribution < 1.29 is 9.15 Å². The summed E-state index contributed by atoms with van der Waals surface area (Å²) in [6.07, 6.45) is 1.52. The number of halogens is 1. The lowest BCUT2D eigenvalue weighted by Crippen LogP contribution is -2.04. The van der Waals surface area contributed by atoms with Gasteiger partial charge in [-0.2, -0.15) is 4.98 Å². The Kier molecular flexibility index (Phi) is 3.16. The van der Waals surface area contributed by atoms with Crippen LogP contribution in [0.3, 0.4) is 0 Å². The van der Waals surface area contributed by atoms with Gasteiger partial charge in [0, 0.05) is 22.6 Å². The van der Waals surface area contributed by atoms with Crippen LogP contribution in [-0.4, -0.2) is 11.6 Å². The van der Waals surface area contributed by atoms with E-state index in [1.165, 1.54) is 6.26 Å². The molecule has 0 aliphatic heterocycles. The molecule has 4 heteroatoms. The topological polar surface area (TPSA) is 35.3 Å². The highest BCUT2D eigenvalue weighted by Crippen LogP contribution is 2.12. The molecule has 0 unspecified atom stereocenters. The molecule has 0 aliphatic carbocycles. The van der Waals surface area contributed by atoms with Crippen LogP contribution < -0.4 is 4.74 Å². The number of aromatic nitrogens is 1. The molecule has 0 atom stereocenters. The molecule has 0 amide bonds. The maximum atomic E-state index is 5.28. The first-order valence-corrected chi connectivity index (χ1v) is 4.50. The van der Waals surface area contributed by atoms with Crippen LogP contribution in [0.15, 0.2) is 10.7 Å². The summed E-state index contributed by atoms with van der Waals surface area (Å²) < 4.78 is 10.8. The Hall–Kier alpha value is -0.260. The van der Waals surface area contributed by atoms with E-state index in [2.05, 4.69) is 18.8 Å². The van der Waals surface area contributed by atoms with Crippen LogP contribution in [0, 0.1) is 9.82 Å². The fourth-order valence-corrected chi connectivity index (χ4v) is 0.922. The molecule has 1 rings (SSSR count). The molecule has 1 aromatic heterocycles. The molecule has 0 spiro atoms. The summed E-state index contributed by atoms with van der Waals surface area (Å²) in [5.74, 6) is 1.09. The maximum absolute atomic E-state index is 5.28. The molecule has 0 radical (unpaired) electrons. The normalized spacial score (nSPS) is 10.5. The first-order chi connectivity index (χ1) is 5.18. The Morgan fingerprint density at radius 2 is 2.45 bits per heavy atom. The van der Waals surface area contributed by atoms with Gasteiger partial charge in [0.1, 0.15) is 0 Å². The molecule has 0 bridgehead atoms. The van der Waals surface area contributed by atoms with Crippen molar-refractivity contribution in [1.29, 1.82) is 0 Å². The molecule has 62 valence electrons. The Balaban J connectivity index is 2.39. The fourth-order valence-electron chi connectivity index (χ4n) is 0.557. The van der Waals surface area contributed by atoms with E-state index in [1.54, 1.807) is 0 Å². The van der Waals surface area contributed by atoms with E-state index in [0.717, 1.165) is 0 Å². The first-order valence-electron chi connectivity index (χ1n) is 3.42. The quantitative estimate of drug-likeness (QED) is 0.788. The van der Waals surface area contributed by atoms with Crippen LogP contribution in [-0.2, 0) is 0 Å². The molecule has 0 aliphatic rings. The van der Waals surface area contributed by atoms with Gasteiger partial charge in [0.2, 0.25) is 0 Å². The van der Waals surface area contributed by atoms with E-state index in [9.17, 15) is 0 Å². The minimum atomic E-state index is 0.518. The van der Waals surface area contributed by atoms with Gasteiger partial charge in [-0.15, -0.1) is 0 Å². The SMILES string of the molecule is CC(C)COc1coc(I)n1. The van der Waals surface area contributed by atoms with Gasteiger partial charge < -0.3 is 9.15 Å². The number of rotatable bonds is 3.